The number of carbonyl (C=O) groups is 1. The first kappa shape index (κ1) is 23.1. The van der Waals surface area contributed by atoms with E-state index >= 15 is 0 Å². The molecule has 0 aliphatic carbocycles. The van der Waals surface area contributed by atoms with Crippen LogP contribution in [-0.2, 0) is 9.53 Å². The summed E-state index contributed by atoms with van der Waals surface area (Å²) in [4.78, 5) is 31.3. The summed E-state index contributed by atoms with van der Waals surface area (Å²) < 4.78 is 17.9. The lowest BCUT2D eigenvalue weighted by molar-refractivity contribution is -0.136. The molecule has 0 bridgehead atoms. The Balaban J connectivity index is 1.87. The number of methoxy groups -OCH3 is 2. The zero-order valence-corrected chi connectivity index (χ0v) is 19.7. The summed E-state index contributed by atoms with van der Waals surface area (Å²) in [5.41, 5.74) is 2.14. The molecule has 34 heavy (non-hydrogen) atoms. The standard InChI is InChI=1S/C26H22N2O5S/c1-5-13-33-19-12-11-17(14-20(19)31-3)15-21-24(29)28-23(18-9-7-6-8-10-18)22(25(30)32-4)16(2)27-26(28)34-21/h1,6-12,14-15,23H,13H2,2-4H3. The maximum Gasteiger partial charge on any atom is 0.338 e. The van der Waals surface area contributed by atoms with E-state index in [1.165, 1.54) is 25.6 Å². The molecular weight excluding hydrogens is 452 g/mol. The molecule has 2 aromatic carbocycles. The fourth-order valence-corrected chi connectivity index (χ4v) is 4.85. The van der Waals surface area contributed by atoms with Crippen molar-refractivity contribution in [3.05, 3.63) is 90.6 Å². The molecule has 0 saturated carbocycles. The molecule has 0 N–H and O–H groups in total. The average molecular weight is 475 g/mol. The molecule has 0 saturated heterocycles. The van der Waals surface area contributed by atoms with Crippen LogP contribution in [0.15, 0.2) is 69.6 Å². The molecule has 172 valence electrons. The van der Waals surface area contributed by atoms with Crippen LogP contribution in [0.3, 0.4) is 0 Å². The first-order valence-corrected chi connectivity index (χ1v) is 11.2. The molecule has 0 fully saturated rings. The van der Waals surface area contributed by atoms with Crippen LogP contribution in [0.4, 0.5) is 0 Å². The maximum absolute atomic E-state index is 13.6. The van der Waals surface area contributed by atoms with Gasteiger partial charge in [0.05, 0.1) is 36.1 Å². The monoisotopic (exact) mass is 474 g/mol. The molecule has 0 radical (unpaired) electrons. The van der Waals surface area contributed by atoms with E-state index in [0.717, 1.165) is 11.1 Å². The highest BCUT2D eigenvalue weighted by atomic mass is 32.1. The number of rotatable bonds is 6. The minimum absolute atomic E-state index is 0.121. The molecule has 7 nitrogen and oxygen atoms in total. The van der Waals surface area contributed by atoms with Crippen LogP contribution >= 0.6 is 11.3 Å². The summed E-state index contributed by atoms with van der Waals surface area (Å²) in [6.07, 6.45) is 7.03. The van der Waals surface area contributed by atoms with Gasteiger partial charge in [-0.1, -0.05) is 53.7 Å². The zero-order valence-electron chi connectivity index (χ0n) is 18.9. The summed E-state index contributed by atoms with van der Waals surface area (Å²) in [6.45, 7) is 1.87. The van der Waals surface area contributed by atoms with Gasteiger partial charge in [0.25, 0.3) is 5.56 Å². The Kier molecular flexibility index (Phi) is 6.66. The molecule has 0 spiro atoms. The third kappa shape index (κ3) is 4.26. The predicted molar refractivity (Wildman–Crippen MR) is 130 cm³/mol. The summed E-state index contributed by atoms with van der Waals surface area (Å²) >= 11 is 1.26. The van der Waals surface area contributed by atoms with Crippen molar-refractivity contribution in [3.63, 3.8) is 0 Å². The fourth-order valence-electron chi connectivity index (χ4n) is 3.81. The molecule has 1 unspecified atom stereocenters. The summed E-state index contributed by atoms with van der Waals surface area (Å²) in [5, 5.41) is 0. The van der Waals surface area contributed by atoms with Crippen molar-refractivity contribution in [3.8, 4) is 23.8 Å². The molecule has 0 amide bonds. The van der Waals surface area contributed by atoms with Gasteiger partial charge >= 0.3 is 5.97 Å². The number of carbonyl (C=O) groups excluding carboxylic acids is 1. The number of esters is 1. The topological polar surface area (TPSA) is 79.1 Å². The van der Waals surface area contributed by atoms with E-state index in [9.17, 15) is 9.59 Å². The van der Waals surface area contributed by atoms with Crippen molar-refractivity contribution < 1.29 is 19.0 Å². The minimum Gasteiger partial charge on any atom is -0.493 e. The first-order valence-electron chi connectivity index (χ1n) is 10.4. The van der Waals surface area contributed by atoms with Crippen molar-refractivity contribution in [2.45, 2.75) is 13.0 Å². The van der Waals surface area contributed by atoms with Crippen LogP contribution in [0.5, 0.6) is 11.5 Å². The van der Waals surface area contributed by atoms with Gasteiger partial charge in [0.1, 0.15) is 6.61 Å². The molecule has 1 aliphatic rings. The van der Waals surface area contributed by atoms with Crippen LogP contribution in [-0.4, -0.2) is 31.4 Å². The fraction of sp³-hybridized carbons (Fsp3) is 0.192. The number of benzene rings is 2. The number of hydrogen-bond acceptors (Lipinski definition) is 7. The third-order valence-electron chi connectivity index (χ3n) is 5.34. The number of nitrogens with zero attached hydrogens (tertiary/aromatic N) is 2. The van der Waals surface area contributed by atoms with E-state index in [0.29, 0.717) is 32.1 Å². The lowest BCUT2D eigenvalue weighted by Crippen LogP contribution is -2.39. The second-order valence-corrected chi connectivity index (χ2v) is 8.40. The normalized spacial score (nSPS) is 15.2. The van der Waals surface area contributed by atoms with Gasteiger partial charge in [-0.3, -0.25) is 9.36 Å². The van der Waals surface area contributed by atoms with E-state index in [1.807, 2.05) is 36.4 Å². The van der Waals surface area contributed by atoms with Gasteiger partial charge in [-0.2, -0.15) is 0 Å². The molecule has 2 heterocycles. The number of aromatic nitrogens is 1. The predicted octanol–water partition coefficient (Wildman–Crippen LogP) is 2.43. The van der Waals surface area contributed by atoms with E-state index in [-0.39, 0.29) is 12.2 Å². The second kappa shape index (κ2) is 9.81. The lowest BCUT2D eigenvalue weighted by Gasteiger charge is -2.24. The largest absolute Gasteiger partial charge is 0.493 e. The lowest BCUT2D eigenvalue weighted by atomic mass is 9.96. The number of thiazole rings is 1. The highest BCUT2D eigenvalue weighted by molar-refractivity contribution is 7.07. The Bertz CT molecular complexity index is 1490. The first-order chi connectivity index (χ1) is 16.5. The Morgan fingerprint density at radius 2 is 1.97 bits per heavy atom. The molecule has 8 heteroatoms. The summed E-state index contributed by atoms with van der Waals surface area (Å²) in [7, 11) is 2.85. The van der Waals surface area contributed by atoms with Gasteiger partial charge < -0.3 is 14.2 Å². The Morgan fingerprint density at radius 3 is 2.65 bits per heavy atom. The van der Waals surface area contributed by atoms with Gasteiger partial charge in [0.15, 0.2) is 16.3 Å². The number of hydrogen-bond donors (Lipinski definition) is 0. The Labute approximate surface area is 200 Å². The van der Waals surface area contributed by atoms with Crippen LogP contribution in [0.25, 0.3) is 6.08 Å². The van der Waals surface area contributed by atoms with Crippen molar-refractivity contribution in [2.24, 2.45) is 4.99 Å². The highest BCUT2D eigenvalue weighted by Gasteiger charge is 2.32. The van der Waals surface area contributed by atoms with Crippen LogP contribution < -0.4 is 24.4 Å². The van der Waals surface area contributed by atoms with Crippen molar-refractivity contribution in [2.75, 3.05) is 20.8 Å². The smallest absolute Gasteiger partial charge is 0.338 e. The quantitative estimate of drug-likeness (QED) is 0.405. The van der Waals surface area contributed by atoms with Gasteiger partial charge in [-0.15, -0.1) is 6.42 Å². The van der Waals surface area contributed by atoms with E-state index in [1.54, 1.807) is 29.7 Å². The number of terminal acetylenes is 1. The molecule has 3 aromatic rings. The van der Waals surface area contributed by atoms with Crippen LogP contribution in [0.1, 0.15) is 24.1 Å². The molecule has 1 aliphatic heterocycles. The van der Waals surface area contributed by atoms with E-state index in [4.69, 9.17) is 20.6 Å². The Morgan fingerprint density at radius 1 is 1.21 bits per heavy atom. The van der Waals surface area contributed by atoms with Gasteiger partial charge in [-0.05, 0) is 36.3 Å². The Hall–Kier alpha value is -4.09. The zero-order chi connectivity index (χ0) is 24.2. The van der Waals surface area contributed by atoms with Crippen molar-refractivity contribution in [1.82, 2.24) is 4.57 Å². The van der Waals surface area contributed by atoms with Gasteiger partial charge in [-0.25, -0.2) is 9.79 Å². The molecule has 4 rings (SSSR count). The summed E-state index contributed by atoms with van der Waals surface area (Å²) in [6, 6.07) is 14.1. The number of fused-ring (bicyclic) bond motifs is 1. The van der Waals surface area contributed by atoms with E-state index in [2.05, 4.69) is 10.9 Å². The maximum atomic E-state index is 13.6. The SMILES string of the molecule is C#CCOc1ccc(C=c2sc3n(c2=O)C(c2ccccc2)C(C(=O)OC)=C(C)N=3)cc1OC. The van der Waals surface area contributed by atoms with Gasteiger partial charge in [0, 0.05) is 0 Å². The number of allylic oxidation sites excluding steroid dienone is 1. The summed E-state index contributed by atoms with van der Waals surface area (Å²) in [5.74, 6) is 2.92. The third-order valence-corrected chi connectivity index (χ3v) is 6.32. The average Bonchev–Trinajstić information content (AvgIpc) is 3.16. The number of ether oxygens (including phenoxy) is 3. The highest BCUT2D eigenvalue weighted by Crippen LogP contribution is 2.31. The molecular formula is C26H22N2O5S. The van der Waals surface area contributed by atoms with E-state index < -0.39 is 12.0 Å². The van der Waals surface area contributed by atoms with Crippen molar-refractivity contribution in [1.29, 1.82) is 0 Å². The van der Waals surface area contributed by atoms with Crippen LogP contribution in [0.2, 0.25) is 0 Å². The van der Waals surface area contributed by atoms with Crippen LogP contribution in [0, 0.1) is 12.3 Å². The minimum atomic E-state index is -0.638. The molecule has 1 atom stereocenters. The van der Waals surface area contributed by atoms with Crippen molar-refractivity contribution >= 4 is 23.4 Å². The second-order valence-electron chi connectivity index (χ2n) is 7.39. The van der Waals surface area contributed by atoms with Gasteiger partial charge in [0.2, 0.25) is 0 Å². The molecule has 1 aromatic heterocycles.